The summed E-state index contributed by atoms with van der Waals surface area (Å²) in [5.41, 5.74) is 1.33. The first-order valence-electron chi connectivity index (χ1n) is 7.99. The maximum atomic E-state index is 12.3. The van der Waals surface area contributed by atoms with E-state index >= 15 is 0 Å². The number of esters is 1. The Morgan fingerprint density at radius 1 is 1.12 bits per heavy atom. The van der Waals surface area contributed by atoms with Gasteiger partial charge in [0.25, 0.3) is 0 Å². The van der Waals surface area contributed by atoms with Crippen LogP contribution in [-0.2, 0) is 4.79 Å². The number of benzene rings is 2. The second-order valence-corrected chi connectivity index (χ2v) is 7.07. The summed E-state index contributed by atoms with van der Waals surface area (Å²) >= 11 is 1.55. The van der Waals surface area contributed by atoms with Gasteiger partial charge in [0.15, 0.2) is 16.9 Å². The van der Waals surface area contributed by atoms with E-state index in [2.05, 4.69) is 0 Å². The molecule has 0 bridgehead atoms. The molecular formula is C18H15NO6S. The summed E-state index contributed by atoms with van der Waals surface area (Å²) in [6.07, 6.45) is 0. The molecule has 2 N–H and O–H groups in total. The summed E-state index contributed by atoms with van der Waals surface area (Å²) < 4.78 is 15.9. The van der Waals surface area contributed by atoms with Crippen LogP contribution >= 0.6 is 11.8 Å². The molecule has 0 aliphatic carbocycles. The van der Waals surface area contributed by atoms with Gasteiger partial charge in [0, 0.05) is 5.56 Å². The molecule has 0 radical (unpaired) electrons. The molecule has 4 rings (SSSR count). The fourth-order valence-electron chi connectivity index (χ4n) is 2.80. The standard InChI is InChI=1S/C18H15NO6S/c20-17(21)13-8-26-16(19-13)10-1-4-12(5-2-10)25-18(22)11-3-6-14-15(7-11)24-9-23-14/h1-7,13,16,19H,8-9H2,(H,20,21)/t13-,16+/m1/s1. The Morgan fingerprint density at radius 2 is 1.88 bits per heavy atom. The van der Waals surface area contributed by atoms with Crippen LogP contribution in [0.25, 0.3) is 0 Å². The first-order valence-corrected chi connectivity index (χ1v) is 9.04. The number of quaternary nitrogens is 1. The number of fused-ring (bicyclic) bond motifs is 1. The predicted molar refractivity (Wildman–Crippen MR) is 89.9 cm³/mol. The van der Waals surface area contributed by atoms with Crippen LogP contribution in [0.5, 0.6) is 17.2 Å². The van der Waals surface area contributed by atoms with Crippen LogP contribution in [0.3, 0.4) is 0 Å². The Hall–Kier alpha value is -2.71. The number of hydrogen-bond acceptors (Lipinski definition) is 7. The van der Waals surface area contributed by atoms with E-state index in [4.69, 9.17) is 14.2 Å². The highest BCUT2D eigenvalue weighted by atomic mass is 32.2. The number of thioether (sulfide) groups is 1. The summed E-state index contributed by atoms with van der Waals surface area (Å²) in [5, 5.41) is 12.7. The molecular weight excluding hydrogens is 358 g/mol. The van der Waals surface area contributed by atoms with Gasteiger partial charge in [0.05, 0.1) is 11.3 Å². The normalized spacial score (nSPS) is 20.8. The average Bonchev–Trinajstić information content (AvgIpc) is 3.31. The fraction of sp³-hybridized carbons (Fsp3) is 0.222. The van der Waals surface area contributed by atoms with Crippen molar-refractivity contribution in [3.05, 3.63) is 53.6 Å². The smallest absolute Gasteiger partial charge is 0.343 e. The number of aliphatic carboxylic acids is 1. The van der Waals surface area contributed by atoms with Crippen molar-refractivity contribution in [2.45, 2.75) is 11.4 Å². The molecule has 7 nitrogen and oxygen atoms in total. The first kappa shape index (κ1) is 16.7. The van der Waals surface area contributed by atoms with Gasteiger partial charge in [-0.3, -0.25) is 0 Å². The Bertz CT molecular complexity index is 853. The van der Waals surface area contributed by atoms with Crippen molar-refractivity contribution in [3.8, 4) is 17.2 Å². The molecule has 0 spiro atoms. The van der Waals surface area contributed by atoms with Crippen LogP contribution in [0.4, 0.5) is 0 Å². The molecule has 2 atom stereocenters. The minimum absolute atomic E-state index is 0.00323. The van der Waals surface area contributed by atoms with Crippen molar-refractivity contribution in [3.63, 3.8) is 0 Å². The molecule has 2 aromatic carbocycles. The van der Waals surface area contributed by atoms with Gasteiger partial charge in [0.2, 0.25) is 6.79 Å². The molecule has 2 aromatic rings. The van der Waals surface area contributed by atoms with Crippen LogP contribution in [0.1, 0.15) is 21.3 Å². The van der Waals surface area contributed by atoms with E-state index in [-0.39, 0.29) is 12.2 Å². The predicted octanol–water partition coefficient (Wildman–Crippen LogP) is 0.0618. The van der Waals surface area contributed by atoms with E-state index in [0.29, 0.717) is 28.6 Å². The largest absolute Gasteiger partial charge is 0.544 e. The molecule has 0 amide bonds. The van der Waals surface area contributed by atoms with E-state index < -0.39 is 18.0 Å². The van der Waals surface area contributed by atoms with Crippen molar-refractivity contribution < 1.29 is 34.2 Å². The van der Waals surface area contributed by atoms with Gasteiger partial charge < -0.3 is 29.4 Å². The zero-order chi connectivity index (χ0) is 18.1. The number of carbonyl (C=O) groups excluding carboxylic acids is 2. The third-order valence-electron chi connectivity index (χ3n) is 4.19. The van der Waals surface area contributed by atoms with Crippen molar-refractivity contribution in [1.29, 1.82) is 0 Å². The lowest BCUT2D eigenvalue weighted by Crippen LogP contribution is -2.90. The summed E-state index contributed by atoms with van der Waals surface area (Å²) in [6.45, 7) is 0.143. The van der Waals surface area contributed by atoms with Gasteiger partial charge in [-0.05, 0) is 42.5 Å². The lowest BCUT2D eigenvalue weighted by molar-refractivity contribution is -0.690. The van der Waals surface area contributed by atoms with Gasteiger partial charge in [-0.2, -0.15) is 0 Å². The van der Waals surface area contributed by atoms with Gasteiger partial charge in [-0.15, -0.1) is 0 Å². The SMILES string of the molecule is O=C(Oc1ccc([C@H]2[NH2+][C@@H](C(=O)[O-])CS2)cc1)c1ccc2c(c1)OCO2. The van der Waals surface area contributed by atoms with Gasteiger partial charge in [-0.25, -0.2) is 4.79 Å². The summed E-state index contributed by atoms with van der Waals surface area (Å²) in [6, 6.07) is 11.4. The third kappa shape index (κ3) is 3.33. The average molecular weight is 373 g/mol. The molecule has 1 saturated heterocycles. The highest BCUT2D eigenvalue weighted by Crippen LogP contribution is 2.33. The van der Waals surface area contributed by atoms with Crippen LogP contribution in [0.15, 0.2) is 42.5 Å². The first-order chi connectivity index (χ1) is 12.6. The van der Waals surface area contributed by atoms with Crippen LogP contribution in [0, 0.1) is 0 Å². The number of nitrogens with two attached hydrogens (primary N) is 1. The quantitative estimate of drug-likeness (QED) is 0.597. The highest BCUT2D eigenvalue weighted by molar-refractivity contribution is 7.99. The maximum Gasteiger partial charge on any atom is 0.343 e. The molecule has 0 unspecified atom stereocenters. The number of hydrogen-bond donors (Lipinski definition) is 1. The lowest BCUT2D eigenvalue weighted by Gasteiger charge is -2.11. The minimum Gasteiger partial charge on any atom is -0.544 e. The Kier molecular flexibility index (Phi) is 4.44. The number of rotatable bonds is 4. The zero-order valence-corrected chi connectivity index (χ0v) is 14.4. The molecule has 0 saturated carbocycles. The molecule has 26 heavy (non-hydrogen) atoms. The second-order valence-electron chi connectivity index (χ2n) is 5.90. The number of carboxylic acid groups (broad SMARTS) is 1. The van der Waals surface area contributed by atoms with Gasteiger partial charge in [0.1, 0.15) is 17.8 Å². The number of carboxylic acids is 1. The van der Waals surface area contributed by atoms with Crippen LogP contribution < -0.4 is 24.6 Å². The topological polar surface area (TPSA) is 102 Å². The van der Waals surface area contributed by atoms with E-state index in [1.54, 1.807) is 47.4 Å². The molecule has 8 heteroatoms. The van der Waals surface area contributed by atoms with Gasteiger partial charge in [-0.1, -0.05) is 11.8 Å². The summed E-state index contributed by atoms with van der Waals surface area (Å²) in [4.78, 5) is 23.2. The Morgan fingerprint density at radius 3 is 2.62 bits per heavy atom. The summed E-state index contributed by atoms with van der Waals surface area (Å²) in [5.74, 6) is 0.505. The van der Waals surface area contributed by atoms with Crippen LogP contribution in [-0.4, -0.2) is 30.5 Å². The molecule has 2 aliphatic rings. The number of carbonyl (C=O) groups is 2. The molecule has 2 aliphatic heterocycles. The molecule has 1 fully saturated rings. The van der Waals surface area contributed by atoms with Crippen molar-refractivity contribution in [2.75, 3.05) is 12.5 Å². The van der Waals surface area contributed by atoms with E-state index in [1.165, 1.54) is 0 Å². The monoisotopic (exact) mass is 373 g/mol. The van der Waals surface area contributed by atoms with Crippen molar-refractivity contribution in [2.24, 2.45) is 0 Å². The minimum atomic E-state index is -1.05. The van der Waals surface area contributed by atoms with E-state index in [0.717, 1.165) is 5.56 Å². The summed E-state index contributed by atoms with van der Waals surface area (Å²) in [7, 11) is 0. The highest BCUT2D eigenvalue weighted by Gasteiger charge is 2.30. The maximum absolute atomic E-state index is 12.3. The Balaban J connectivity index is 1.41. The fourth-order valence-corrected chi connectivity index (χ4v) is 4.11. The lowest BCUT2D eigenvalue weighted by atomic mass is 10.2. The third-order valence-corrected chi connectivity index (χ3v) is 5.53. The van der Waals surface area contributed by atoms with E-state index in [1.807, 2.05) is 12.1 Å². The zero-order valence-electron chi connectivity index (χ0n) is 13.5. The van der Waals surface area contributed by atoms with Crippen LogP contribution in [0.2, 0.25) is 0 Å². The van der Waals surface area contributed by atoms with Crippen molar-refractivity contribution >= 4 is 23.7 Å². The Labute approximate surface area is 153 Å². The molecule has 134 valence electrons. The molecule has 0 aromatic heterocycles. The number of ether oxygens (including phenoxy) is 3. The van der Waals surface area contributed by atoms with Crippen molar-refractivity contribution in [1.82, 2.24) is 0 Å². The second kappa shape index (κ2) is 6.89. The van der Waals surface area contributed by atoms with Gasteiger partial charge >= 0.3 is 5.97 Å². The molecule has 2 heterocycles. The van der Waals surface area contributed by atoms with E-state index in [9.17, 15) is 14.7 Å².